The van der Waals surface area contributed by atoms with Gasteiger partial charge in [0.05, 0.1) is 22.4 Å². The van der Waals surface area contributed by atoms with Gasteiger partial charge in [0.15, 0.2) is 0 Å². The highest BCUT2D eigenvalue weighted by atomic mass is 32.1. The van der Waals surface area contributed by atoms with Crippen molar-refractivity contribution in [2.24, 2.45) is 0 Å². The fourth-order valence-electron chi connectivity index (χ4n) is 5.33. The predicted octanol–water partition coefficient (Wildman–Crippen LogP) is 5.00. The van der Waals surface area contributed by atoms with Gasteiger partial charge >= 0.3 is 0 Å². The standard InChI is InChI=1S/C29H29FN6O3S/c1-29(10-3-11-32-29)17-7-9-26(31-15-17)33-22-14-20(35-36-27(22)38)16-6-8-19(30)21(12-16)34-28(39)25-13-18-23(37)4-2-5-24(18)40-25/h6-9,12-15,23,32,37H,2-5,10-11H2,1H3,(H,34,39)(H,36,38)(H,31,33,35)/t23?,29-/m0/s1. The molecule has 0 bridgehead atoms. The first-order chi connectivity index (χ1) is 19.3. The molecule has 4 aromatic rings. The minimum Gasteiger partial charge on any atom is -0.388 e. The number of fused-ring (bicyclic) bond motifs is 1. The summed E-state index contributed by atoms with van der Waals surface area (Å²) < 4.78 is 14.7. The van der Waals surface area contributed by atoms with Gasteiger partial charge in [0.2, 0.25) is 0 Å². The Morgan fingerprint density at radius 2 is 2.05 bits per heavy atom. The first kappa shape index (κ1) is 26.3. The van der Waals surface area contributed by atoms with Crippen molar-refractivity contribution in [2.75, 3.05) is 17.2 Å². The lowest BCUT2D eigenvalue weighted by atomic mass is 9.92. The van der Waals surface area contributed by atoms with Gasteiger partial charge < -0.3 is 21.1 Å². The van der Waals surface area contributed by atoms with Crippen LogP contribution in [0.3, 0.4) is 0 Å². The van der Waals surface area contributed by atoms with Gasteiger partial charge in [-0.1, -0.05) is 6.07 Å². The Morgan fingerprint density at radius 1 is 1.18 bits per heavy atom. The van der Waals surface area contributed by atoms with Gasteiger partial charge in [-0.3, -0.25) is 9.59 Å². The van der Waals surface area contributed by atoms with Crippen LogP contribution in [0.5, 0.6) is 0 Å². The van der Waals surface area contributed by atoms with Crippen LogP contribution in [0, 0.1) is 5.82 Å². The first-order valence-corrected chi connectivity index (χ1v) is 14.1. The second kappa shape index (κ2) is 10.6. The zero-order valence-electron chi connectivity index (χ0n) is 21.9. The van der Waals surface area contributed by atoms with E-state index in [-0.39, 0.29) is 16.9 Å². The Labute approximate surface area is 233 Å². The number of anilines is 3. The summed E-state index contributed by atoms with van der Waals surface area (Å²) >= 11 is 1.32. The monoisotopic (exact) mass is 560 g/mol. The average Bonchev–Trinajstić information content (AvgIpc) is 3.60. The lowest BCUT2D eigenvalue weighted by Gasteiger charge is -2.24. The number of pyridine rings is 1. The van der Waals surface area contributed by atoms with Gasteiger partial charge in [-0.2, -0.15) is 5.10 Å². The first-order valence-electron chi connectivity index (χ1n) is 13.3. The number of aromatic amines is 1. The molecule has 1 aliphatic heterocycles. The number of rotatable bonds is 6. The summed E-state index contributed by atoms with van der Waals surface area (Å²) in [4.78, 5) is 31.3. The van der Waals surface area contributed by atoms with Crippen molar-refractivity contribution < 1.29 is 14.3 Å². The molecule has 6 rings (SSSR count). The van der Waals surface area contributed by atoms with Crippen molar-refractivity contribution >= 4 is 34.4 Å². The van der Waals surface area contributed by atoms with Gasteiger partial charge in [0, 0.05) is 22.2 Å². The van der Waals surface area contributed by atoms with E-state index < -0.39 is 23.4 Å². The van der Waals surface area contributed by atoms with E-state index in [2.05, 4.69) is 38.1 Å². The fourth-order valence-corrected chi connectivity index (χ4v) is 6.48. The molecule has 2 atom stereocenters. The molecule has 0 radical (unpaired) electrons. The van der Waals surface area contributed by atoms with E-state index in [0.717, 1.165) is 48.2 Å². The summed E-state index contributed by atoms with van der Waals surface area (Å²) in [5.74, 6) is -0.546. The third-order valence-electron chi connectivity index (χ3n) is 7.65. The molecule has 9 nitrogen and oxygen atoms in total. The molecule has 1 fully saturated rings. The highest BCUT2D eigenvalue weighted by Gasteiger charge is 2.30. The third kappa shape index (κ3) is 5.15. The maximum Gasteiger partial charge on any atom is 0.287 e. The Hall–Kier alpha value is -3.93. The predicted molar refractivity (Wildman–Crippen MR) is 153 cm³/mol. The smallest absolute Gasteiger partial charge is 0.287 e. The second-order valence-electron chi connectivity index (χ2n) is 10.5. The molecule has 0 spiro atoms. The quantitative estimate of drug-likeness (QED) is 0.224. The average molecular weight is 561 g/mol. The van der Waals surface area contributed by atoms with Crippen molar-refractivity contribution in [3.63, 3.8) is 0 Å². The molecule has 1 saturated heterocycles. The van der Waals surface area contributed by atoms with Crippen LogP contribution >= 0.6 is 11.3 Å². The molecule has 1 unspecified atom stereocenters. The van der Waals surface area contributed by atoms with Crippen molar-refractivity contribution in [3.8, 4) is 11.3 Å². The van der Waals surface area contributed by atoms with Crippen LogP contribution < -0.4 is 21.5 Å². The molecule has 3 aromatic heterocycles. The van der Waals surface area contributed by atoms with E-state index in [1.54, 1.807) is 18.3 Å². The van der Waals surface area contributed by atoms with Crippen LogP contribution in [-0.4, -0.2) is 32.7 Å². The molecule has 0 saturated carbocycles. The molecule has 4 heterocycles. The third-order valence-corrected chi connectivity index (χ3v) is 8.86. The molecular weight excluding hydrogens is 531 g/mol. The number of nitrogens with zero attached hydrogens (tertiary/aromatic N) is 2. The summed E-state index contributed by atoms with van der Waals surface area (Å²) in [5, 5.41) is 26.0. The highest BCUT2D eigenvalue weighted by molar-refractivity contribution is 7.14. The van der Waals surface area contributed by atoms with E-state index in [1.807, 2.05) is 12.1 Å². The van der Waals surface area contributed by atoms with Crippen LogP contribution in [0.4, 0.5) is 21.6 Å². The number of carbonyl (C=O) groups is 1. The molecule has 1 aromatic carbocycles. The van der Waals surface area contributed by atoms with E-state index in [9.17, 15) is 19.1 Å². The molecule has 11 heteroatoms. The van der Waals surface area contributed by atoms with Crippen LogP contribution in [0.25, 0.3) is 11.3 Å². The minimum absolute atomic E-state index is 0.0109. The van der Waals surface area contributed by atoms with E-state index in [1.165, 1.54) is 29.5 Å². The number of halogens is 1. The number of benzene rings is 1. The lowest BCUT2D eigenvalue weighted by molar-refractivity contribution is 0.103. The van der Waals surface area contributed by atoms with Gasteiger partial charge in [0.1, 0.15) is 17.3 Å². The van der Waals surface area contributed by atoms with Gasteiger partial charge in [-0.25, -0.2) is 14.5 Å². The molecule has 40 heavy (non-hydrogen) atoms. The second-order valence-corrected chi connectivity index (χ2v) is 11.6. The number of nitrogens with one attached hydrogen (secondary N) is 4. The van der Waals surface area contributed by atoms with Gasteiger partial charge in [-0.15, -0.1) is 11.3 Å². The maximum atomic E-state index is 14.7. The number of thiophene rings is 1. The molecule has 206 valence electrons. The number of H-pyrrole nitrogens is 1. The lowest BCUT2D eigenvalue weighted by Crippen LogP contribution is -2.33. The number of aryl methyl sites for hydroxylation is 1. The highest BCUT2D eigenvalue weighted by Crippen LogP contribution is 2.36. The van der Waals surface area contributed by atoms with Crippen molar-refractivity contribution in [1.82, 2.24) is 20.5 Å². The summed E-state index contributed by atoms with van der Waals surface area (Å²) in [6, 6.07) is 11.3. The van der Waals surface area contributed by atoms with E-state index in [0.29, 0.717) is 28.4 Å². The number of amides is 1. The summed E-state index contributed by atoms with van der Waals surface area (Å²) in [6.45, 7) is 3.13. The Kier molecular flexibility index (Phi) is 6.95. The summed E-state index contributed by atoms with van der Waals surface area (Å²) in [5.41, 5.74) is 2.43. The normalized spacial score (nSPS) is 20.2. The topological polar surface area (TPSA) is 132 Å². The maximum absolute atomic E-state index is 14.7. The van der Waals surface area contributed by atoms with E-state index in [4.69, 9.17) is 0 Å². The Morgan fingerprint density at radius 3 is 2.80 bits per heavy atom. The van der Waals surface area contributed by atoms with Crippen LogP contribution in [0.15, 0.2) is 53.5 Å². The number of hydrogen-bond donors (Lipinski definition) is 5. The number of aliphatic hydroxyl groups is 1. The van der Waals surface area contributed by atoms with Crippen LogP contribution in [0.1, 0.15) is 64.4 Å². The SMILES string of the molecule is C[C@@]1(c2ccc(Nc3cc(-c4ccc(F)c(NC(=O)c5cc6c(s5)CCCC6O)c4)n[nH]c3=O)nc2)CCCN1. The Bertz CT molecular complexity index is 1630. The van der Waals surface area contributed by atoms with Crippen molar-refractivity contribution in [2.45, 2.75) is 50.7 Å². The van der Waals surface area contributed by atoms with Crippen LogP contribution in [-0.2, 0) is 12.0 Å². The van der Waals surface area contributed by atoms with Gasteiger partial charge in [0.25, 0.3) is 11.5 Å². The number of aliphatic hydroxyl groups excluding tert-OH is 1. The molecule has 1 amide bonds. The zero-order valence-corrected chi connectivity index (χ0v) is 22.7. The van der Waals surface area contributed by atoms with Crippen LogP contribution in [0.2, 0.25) is 0 Å². The summed E-state index contributed by atoms with van der Waals surface area (Å²) in [7, 11) is 0. The van der Waals surface area contributed by atoms with Crippen molar-refractivity contribution in [1.29, 1.82) is 0 Å². The molecule has 5 N–H and O–H groups in total. The zero-order chi connectivity index (χ0) is 27.9. The van der Waals surface area contributed by atoms with E-state index >= 15 is 0 Å². The number of hydrogen-bond acceptors (Lipinski definition) is 8. The number of aromatic nitrogens is 3. The molecule has 1 aliphatic carbocycles. The number of carbonyl (C=O) groups excluding carboxylic acids is 1. The Balaban J connectivity index is 1.21. The fraction of sp³-hybridized carbons (Fsp3) is 0.310. The van der Waals surface area contributed by atoms with Gasteiger partial charge in [-0.05, 0) is 93.1 Å². The molecular formula is C29H29FN6O3S. The molecule has 2 aliphatic rings. The minimum atomic E-state index is -0.601. The largest absolute Gasteiger partial charge is 0.388 e. The summed E-state index contributed by atoms with van der Waals surface area (Å²) in [6.07, 6.45) is 5.73. The van der Waals surface area contributed by atoms with Crippen molar-refractivity contribution in [3.05, 3.63) is 85.7 Å².